The maximum atomic E-state index is 11.1. The maximum absolute atomic E-state index is 11.1. The molecule has 0 unspecified atom stereocenters. The quantitative estimate of drug-likeness (QED) is 0.715. The van der Waals surface area contributed by atoms with Crippen LogP contribution in [0.5, 0.6) is 0 Å². The number of benzene rings is 2. The molecule has 0 saturated heterocycles. The van der Waals surface area contributed by atoms with Crippen molar-refractivity contribution in [2.75, 3.05) is 6.26 Å². The molecule has 3 aromatic rings. The molecule has 0 spiro atoms. The van der Waals surface area contributed by atoms with E-state index in [1.807, 2.05) is 45.0 Å². The summed E-state index contributed by atoms with van der Waals surface area (Å²) in [5, 5.41) is 1.09. The van der Waals surface area contributed by atoms with Gasteiger partial charge in [-0.05, 0) is 62.2 Å². The van der Waals surface area contributed by atoms with Crippen LogP contribution in [-0.4, -0.2) is 25.9 Å². The van der Waals surface area contributed by atoms with E-state index in [9.17, 15) is 13.2 Å². The number of carbonyl (C=O) groups is 1. The Balaban J connectivity index is 0.000000174. The van der Waals surface area contributed by atoms with Gasteiger partial charge < -0.3 is 4.98 Å². The Morgan fingerprint density at radius 1 is 0.875 bits per heavy atom. The summed E-state index contributed by atoms with van der Waals surface area (Å²) in [6.45, 7) is 5.82. The van der Waals surface area contributed by atoms with Gasteiger partial charge in [0.15, 0.2) is 16.1 Å². The lowest BCUT2D eigenvalue weighted by Crippen LogP contribution is -1.97. The van der Waals surface area contributed by atoms with E-state index in [1.165, 1.54) is 11.8 Å². The fraction of sp³-hybridized carbons (Fsp3) is 0.211. The number of aromatic amines is 1. The molecule has 0 atom stereocenters. The molecule has 0 bridgehead atoms. The van der Waals surface area contributed by atoms with E-state index in [0.717, 1.165) is 28.3 Å². The molecule has 5 heteroatoms. The molecule has 0 radical (unpaired) electrons. The molecule has 1 heterocycles. The molecule has 3 rings (SSSR count). The zero-order valence-electron chi connectivity index (χ0n) is 14.3. The zero-order chi connectivity index (χ0) is 17.9. The first-order valence-electron chi connectivity index (χ1n) is 7.52. The first-order chi connectivity index (χ1) is 11.2. The van der Waals surface area contributed by atoms with Gasteiger partial charge in [0, 0.05) is 17.2 Å². The number of fused-ring (bicyclic) bond motifs is 1. The summed E-state index contributed by atoms with van der Waals surface area (Å²) in [6.07, 6.45) is 2.05. The second-order valence-electron chi connectivity index (χ2n) is 6.03. The monoisotopic (exact) mass is 343 g/mol. The SMILES string of the molecule is Cc1cc(C)cc(S(C)(=O)=O)c1.Cc1ccc2[nH]c(C=O)cc2c1. The predicted octanol–water partition coefficient (Wildman–Crippen LogP) is 4.00. The van der Waals surface area contributed by atoms with Crippen molar-refractivity contribution in [2.24, 2.45) is 0 Å². The maximum Gasteiger partial charge on any atom is 0.175 e. The number of nitrogens with one attached hydrogen (secondary N) is 1. The van der Waals surface area contributed by atoms with Crippen LogP contribution in [0.1, 0.15) is 27.2 Å². The number of aromatic nitrogens is 1. The minimum absolute atomic E-state index is 0.403. The third-order valence-corrected chi connectivity index (χ3v) is 4.64. The topological polar surface area (TPSA) is 67.0 Å². The van der Waals surface area contributed by atoms with Crippen LogP contribution in [-0.2, 0) is 9.84 Å². The minimum Gasteiger partial charge on any atom is -0.352 e. The van der Waals surface area contributed by atoms with Gasteiger partial charge in [-0.25, -0.2) is 8.42 Å². The summed E-state index contributed by atoms with van der Waals surface area (Å²) in [7, 11) is -3.05. The van der Waals surface area contributed by atoms with Crippen molar-refractivity contribution in [3.8, 4) is 0 Å². The fourth-order valence-electron chi connectivity index (χ4n) is 2.48. The molecule has 0 saturated carbocycles. The summed E-state index contributed by atoms with van der Waals surface area (Å²) in [4.78, 5) is 13.8. The molecule has 2 aromatic carbocycles. The first-order valence-corrected chi connectivity index (χ1v) is 9.41. The molecule has 1 aromatic heterocycles. The standard InChI is InChI=1S/C10H9NO.C9H12O2S/c1-7-2-3-10-8(4-7)5-9(6-12)11-10;1-7-4-8(2)6-9(5-7)12(3,10)11/h2-6,11H,1H3;4-6H,1-3H3. The van der Waals surface area contributed by atoms with Crippen molar-refractivity contribution in [1.82, 2.24) is 4.98 Å². The van der Waals surface area contributed by atoms with Crippen LogP contribution in [0.2, 0.25) is 0 Å². The van der Waals surface area contributed by atoms with Crippen LogP contribution in [0.3, 0.4) is 0 Å². The highest BCUT2D eigenvalue weighted by Crippen LogP contribution is 2.15. The summed E-state index contributed by atoms with van der Waals surface area (Å²) in [5.74, 6) is 0. The van der Waals surface area contributed by atoms with E-state index in [0.29, 0.717) is 10.6 Å². The summed E-state index contributed by atoms with van der Waals surface area (Å²) in [6, 6.07) is 13.2. The van der Waals surface area contributed by atoms with Gasteiger partial charge in [0.2, 0.25) is 0 Å². The van der Waals surface area contributed by atoms with Crippen molar-refractivity contribution < 1.29 is 13.2 Å². The average molecular weight is 343 g/mol. The average Bonchev–Trinajstić information content (AvgIpc) is 2.88. The highest BCUT2D eigenvalue weighted by atomic mass is 32.2. The van der Waals surface area contributed by atoms with Crippen molar-refractivity contribution in [2.45, 2.75) is 25.7 Å². The Labute approximate surface area is 142 Å². The van der Waals surface area contributed by atoms with Gasteiger partial charge in [0.25, 0.3) is 0 Å². The summed E-state index contributed by atoms with van der Waals surface area (Å²) >= 11 is 0. The van der Waals surface area contributed by atoms with Crippen molar-refractivity contribution in [3.63, 3.8) is 0 Å². The van der Waals surface area contributed by atoms with E-state index in [1.54, 1.807) is 12.1 Å². The van der Waals surface area contributed by atoms with Crippen LogP contribution in [0.25, 0.3) is 10.9 Å². The second-order valence-corrected chi connectivity index (χ2v) is 8.04. The molecule has 0 aliphatic carbocycles. The Kier molecular flexibility index (Phi) is 5.24. The van der Waals surface area contributed by atoms with E-state index >= 15 is 0 Å². The zero-order valence-corrected chi connectivity index (χ0v) is 15.1. The lowest BCUT2D eigenvalue weighted by molar-refractivity contribution is 0.112. The molecule has 4 nitrogen and oxygen atoms in total. The second kappa shape index (κ2) is 7.01. The lowest BCUT2D eigenvalue weighted by atomic mass is 10.2. The Morgan fingerprint density at radius 3 is 2.04 bits per heavy atom. The lowest BCUT2D eigenvalue weighted by Gasteiger charge is -2.01. The van der Waals surface area contributed by atoms with Gasteiger partial charge in [-0.3, -0.25) is 4.79 Å². The van der Waals surface area contributed by atoms with Crippen LogP contribution in [0, 0.1) is 20.8 Å². The van der Waals surface area contributed by atoms with E-state index in [2.05, 4.69) is 11.1 Å². The molecule has 1 N–H and O–H groups in total. The first kappa shape index (κ1) is 17.9. The number of aldehydes is 1. The van der Waals surface area contributed by atoms with Gasteiger partial charge >= 0.3 is 0 Å². The number of hydrogen-bond donors (Lipinski definition) is 1. The Morgan fingerprint density at radius 2 is 1.50 bits per heavy atom. The summed E-state index contributed by atoms with van der Waals surface area (Å²) < 4.78 is 22.3. The van der Waals surface area contributed by atoms with Gasteiger partial charge in [-0.15, -0.1) is 0 Å². The molecule has 0 aliphatic rings. The van der Waals surface area contributed by atoms with E-state index < -0.39 is 9.84 Å². The molecule has 0 aliphatic heterocycles. The van der Waals surface area contributed by atoms with Gasteiger partial charge in [0.1, 0.15) is 0 Å². The minimum atomic E-state index is -3.05. The number of hydrogen-bond acceptors (Lipinski definition) is 3. The van der Waals surface area contributed by atoms with Crippen LogP contribution in [0.4, 0.5) is 0 Å². The molecular formula is C19H21NO3S. The number of H-pyrrole nitrogens is 1. The normalized spacial score (nSPS) is 11.0. The number of aryl methyl sites for hydroxylation is 3. The highest BCUT2D eigenvalue weighted by Gasteiger charge is 2.06. The number of carbonyl (C=O) groups excluding carboxylic acids is 1. The van der Waals surface area contributed by atoms with E-state index in [4.69, 9.17) is 0 Å². The Bertz CT molecular complexity index is 965. The molecule has 24 heavy (non-hydrogen) atoms. The number of sulfone groups is 1. The van der Waals surface area contributed by atoms with Gasteiger partial charge in [0.05, 0.1) is 10.6 Å². The Hall–Kier alpha value is -2.40. The molecule has 0 fully saturated rings. The van der Waals surface area contributed by atoms with Crippen molar-refractivity contribution in [1.29, 1.82) is 0 Å². The highest BCUT2D eigenvalue weighted by molar-refractivity contribution is 7.90. The van der Waals surface area contributed by atoms with Crippen LogP contribution in [0.15, 0.2) is 47.4 Å². The number of rotatable bonds is 2. The molecular weight excluding hydrogens is 322 g/mol. The van der Waals surface area contributed by atoms with E-state index in [-0.39, 0.29) is 0 Å². The predicted molar refractivity (Wildman–Crippen MR) is 97.4 cm³/mol. The molecule has 126 valence electrons. The third-order valence-electron chi connectivity index (χ3n) is 3.55. The van der Waals surface area contributed by atoms with Crippen LogP contribution >= 0.6 is 0 Å². The third kappa shape index (κ3) is 4.55. The molecule has 0 amide bonds. The fourth-order valence-corrected chi connectivity index (χ4v) is 3.28. The van der Waals surface area contributed by atoms with Gasteiger partial charge in [-0.1, -0.05) is 17.7 Å². The largest absolute Gasteiger partial charge is 0.352 e. The van der Waals surface area contributed by atoms with Crippen molar-refractivity contribution in [3.05, 3.63) is 64.8 Å². The summed E-state index contributed by atoms with van der Waals surface area (Å²) in [5.41, 5.74) is 4.82. The van der Waals surface area contributed by atoms with Gasteiger partial charge in [-0.2, -0.15) is 0 Å². The van der Waals surface area contributed by atoms with Crippen LogP contribution < -0.4 is 0 Å². The van der Waals surface area contributed by atoms with Crippen molar-refractivity contribution >= 4 is 27.0 Å². The smallest absolute Gasteiger partial charge is 0.175 e.